The van der Waals surface area contributed by atoms with Crippen LogP contribution in [0.4, 0.5) is 0 Å². The molecule has 0 amide bonds. The molecule has 17 heavy (non-hydrogen) atoms. The van der Waals surface area contributed by atoms with E-state index in [2.05, 4.69) is 50.4 Å². The standard InChI is InChI=1S/C16H25N/c1-4-16-15(9-10-17-16)14-7-5-13(6-8-14)11-12(2)3/h5-8,12,15-17H,4,9-11H2,1-3H3. The lowest BCUT2D eigenvalue weighted by atomic mass is 9.89. The van der Waals surface area contributed by atoms with Gasteiger partial charge in [-0.2, -0.15) is 0 Å². The number of rotatable bonds is 4. The van der Waals surface area contributed by atoms with E-state index in [1.54, 1.807) is 0 Å². The van der Waals surface area contributed by atoms with E-state index in [9.17, 15) is 0 Å². The molecule has 0 aromatic heterocycles. The van der Waals surface area contributed by atoms with Crippen LogP contribution in [0.2, 0.25) is 0 Å². The predicted molar refractivity (Wildman–Crippen MR) is 74.4 cm³/mol. The number of nitrogens with one attached hydrogen (secondary N) is 1. The Hall–Kier alpha value is -0.820. The highest BCUT2D eigenvalue weighted by Gasteiger charge is 2.26. The molecule has 0 saturated carbocycles. The van der Waals surface area contributed by atoms with Crippen molar-refractivity contribution in [2.75, 3.05) is 6.54 Å². The van der Waals surface area contributed by atoms with Crippen LogP contribution >= 0.6 is 0 Å². The van der Waals surface area contributed by atoms with Gasteiger partial charge in [-0.15, -0.1) is 0 Å². The van der Waals surface area contributed by atoms with Gasteiger partial charge in [0.2, 0.25) is 0 Å². The maximum atomic E-state index is 3.60. The summed E-state index contributed by atoms with van der Waals surface area (Å²) in [5.74, 6) is 1.48. The van der Waals surface area contributed by atoms with E-state index in [4.69, 9.17) is 0 Å². The molecule has 1 heterocycles. The number of hydrogen-bond donors (Lipinski definition) is 1. The van der Waals surface area contributed by atoms with Gasteiger partial charge in [-0.3, -0.25) is 0 Å². The van der Waals surface area contributed by atoms with Crippen LogP contribution in [0.15, 0.2) is 24.3 Å². The molecule has 0 radical (unpaired) electrons. The lowest BCUT2D eigenvalue weighted by Crippen LogP contribution is -2.24. The summed E-state index contributed by atoms with van der Waals surface area (Å²) in [5, 5.41) is 3.60. The lowest BCUT2D eigenvalue weighted by molar-refractivity contribution is 0.531. The molecule has 2 rings (SSSR count). The second-order valence-corrected chi connectivity index (χ2v) is 5.70. The van der Waals surface area contributed by atoms with Crippen LogP contribution in [0.3, 0.4) is 0 Å². The normalized spacial score (nSPS) is 24.5. The Balaban J connectivity index is 2.07. The van der Waals surface area contributed by atoms with Gasteiger partial charge in [0.1, 0.15) is 0 Å². The molecule has 1 aromatic rings. The van der Waals surface area contributed by atoms with Crippen LogP contribution in [-0.4, -0.2) is 12.6 Å². The van der Waals surface area contributed by atoms with Crippen molar-refractivity contribution in [1.29, 1.82) is 0 Å². The van der Waals surface area contributed by atoms with E-state index in [-0.39, 0.29) is 0 Å². The quantitative estimate of drug-likeness (QED) is 0.832. The first-order valence-electron chi connectivity index (χ1n) is 7.03. The fraction of sp³-hybridized carbons (Fsp3) is 0.625. The molecule has 1 heteroatoms. The molecular weight excluding hydrogens is 206 g/mol. The largest absolute Gasteiger partial charge is 0.313 e. The molecule has 2 unspecified atom stereocenters. The summed E-state index contributed by atoms with van der Waals surface area (Å²) in [6.07, 6.45) is 3.72. The fourth-order valence-corrected chi connectivity index (χ4v) is 2.97. The van der Waals surface area contributed by atoms with Gasteiger partial charge in [0, 0.05) is 12.0 Å². The molecular formula is C16H25N. The smallest absolute Gasteiger partial charge is 0.0134 e. The third kappa shape index (κ3) is 3.10. The maximum absolute atomic E-state index is 3.60. The van der Waals surface area contributed by atoms with E-state index in [0.717, 1.165) is 11.8 Å². The molecule has 2 atom stereocenters. The summed E-state index contributed by atoms with van der Waals surface area (Å²) in [4.78, 5) is 0. The second kappa shape index (κ2) is 5.68. The first-order chi connectivity index (χ1) is 8.20. The van der Waals surface area contributed by atoms with Gasteiger partial charge in [0.25, 0.3) is 0 Å². The Bertz CT molecular complexity index is 339. The summed E-state index contributed by atoms with van der Waals surface area (Å²) in [6, 6.07) is 10.0. The molecule has 0 aliphatic carbocycles. The van der Waals surface area contributed by atoms with Crippen LogP contribution < -0.4 is 5.32 Å². The van der Waals surface area contributed by atoms with E-state index in [1.807, 2.05) is 0 Å². The van der Waals surface area contributed by atoms with E-state index < -0.39 is 0 Å². The predicted octanol–water partition coefficient (Wildman–Crippen LogP) is 3.74. The molecule has 1 saturated heterocycles. The highest BCUT2D eigenvalue weighted by Crippen LogP contribution is 2.29. The molecule has 1 nitrogen and oxygen atoms in total. The molecule has 0 spiro atoms. The van der Waals surface area contributed by atoms with Crippen LogP contribution in [0.25, 0.3) is 0 Å². The topological polar surface area (TPSA) is 12.0 Å². The van der Waals surface area contributed by atoms with Gasteiger partial charge < -0.3 is 5.32 Å². The maximum Gasteiger partial charge on any atom is 0.0134 e. The summed E-state index contributed by atoms with van der Waals surface area (Å²) in [7, 11) is 0. The van der Waals surface area contributed by atoms with Crippen LogP contribution in [0, 0.1) is 5.92 Å². The van der Waals surface area contributed by atoms with Crippen molar-refractivity contribution in [3.8, 4) is 0 Å². The Kier molecular flexibility index (Phi) is 4.22. The zero-order valence-corrected chi connectivity index (χ0v) is 11.4. The van der Waals surface area contributed by atoms with Crippen molar-refractivity contribution in [1.82, 2.24) is 5.32 Å². The zero-order chi connectivity index (χ0) is 12.3. The van der Waals surface area contributed by atoms with E-state index >= 15 is 0 Å². The van der Waals surface area contributed by atoms with Crippen molar-refractivity contribution < 1.29 is 0 Å². The van der Waals surface area contributed by atoms with Crippen LogP contribution in [0.1, 0.15) is 50.7 Å². The Morgan fingerprint density at radius 2 is 1.94 bits per heavy atom. The fourth-order valence-electron chi connectivity index (χ4n) is 2.97. The minimum absolute atomic E-state index is 0.686. The zero-order valence-electron chi connectivity index (χ0n) is 11.4. The van der Waals surface area contributed by atoms with Crippen molar-refractivity contribution >= 4 is 0 Å². The monoisotopic (exact) mass is 231 g/mol. The highest BCUT2D eigenvalue weighted by molar-refractivity contribution is 5.27. The first-order valence-corrected chi connectivity index (χ1v) is 7.03. The van der Waals surface area contributed by atoms with Gasteiger partial charge in [0.15, 0.2) is 0 Å². The second-order valence-electron chi connectivity index (χ2n) is 5.70. The molecule has 1 fully saturated rings. The first kappa shape index (κ1) is 12.6. The van der Waals surface area contributed by atoms with Crippen molar-refractivity contribution in [2.45, 2.75) is 52.0 Å². The third-order valence-electron chi connectivity index (χ3n) is 3.84. The number of hydrogen-bond acceptors (Lipinski definition) is 1. The Morgan fingerprint density at radius 1 is 1.24 bits per heavy atom. The molecule has 0 bridgehead atoms. The molecule has 94 valence electrons. The SMILES string of the molecule is CCC1NCCC1c1ccc(CC(C)C)cc1. The minimum atomic E-state index is 0.686. The summed E-state index contributed by atoms with van der Waals surface area (Å²) in [5.41, 5.74) is 3.00. The average molecular weight is 231 g/mol. The molecule has 1 aliphatic heterocycles. The van der Waals surface area contributed by atoms with Gasteiger partial charge in [0.05, 0.1) is 0 Å². The average Bonchev–Trinajstić information content (AvgIpc) is 2.77. The van der Waals surface area contributed by atoms with Crippen molar-refractivity contribution in [2.24, 2.45) is 5.92 Å². The Morgan fingerprint density at radius 3 is 2.53 bits per heavy atom. The van der Waals surface area contributed by atoms with Crippen LogP contribution in [-0.2, 0) is 6.42 Å². The third-order valence-corrected chi connectivity index (χ3v) is 3.84. The molecule has 1 aromatic carbocycles. The summed E-state index contributed by atoms with van der Waals surface area (Å²) in [6.45, 7) is 8.02. The minimum Gasteiger partial charge on any atom is -0.313 e. The highest BCUT2D eigenvalue weighted by atomic mass is 14.9. The van der Waals surface area contributed by atoms with Gasteiger partial charge in [-0.05, 0) is 42.9 Å². The van der Waals surface area contributed by atoms with Gasteiger partial charge in [-0.25, -0.2) is 0 Å². The van der Waals surface area contributed by atoms with E-state index in [0.29, 0.717) is 6.04 Å². The lowest BCUT2D eigenvalue weighted by Gasteiger charge is -2.18. The van der Waals surface area contributed by atoms with E-state index in [1.165, 1.54) is 36.9 Å². The molecule has 1 N–H and O–H groups in total. The molecule has 1 aliphatic rings. The van der Waals surface area contributed by atoms with Crippen LogP contribution in [0.5, 0.6) is 0 Å². The Labute approximate surface area is 106 Å². The summed E-state index contributed by atoms with van der Waals surface area (Å²) < 4.78 is 0. The van der Waals surface area contributed by atoms with Crippen molar-refractivity contribution in [3.63, 3.8) is 0 Å². The van der Waals surface area contributed by atoms with Crippen molar-refractivity contribution in [3.05, 3.63) is 35.4 Å². The van der Waals surface area contributed by atoms with Gasteiger partial charge in [-0.1, -0.05) is 45.0 Å². The number of benzene rings is 1. The summed E-state index contributed by atoms with van der Waals surface area (Å²) >= 11 is 0. The van der Waals surface area contributed by atoms with Gasteiger partial charge >= 0.3 is 0 Å².